The van der Waals surface area contributed by atoms with Crippen LogP contribution in [0, 0.1) is 5.82 Å². The highest BCUT2D eigenvalue weighted by atomic mass is 19.1. The van der Waals surface area contributed by atoms with Gasteiger partial charge in [0.1, 0.15) is 5.71 Å². The maximum absolute atomic E-state index is 13.8. The van der Waals surface area contributed by atoms with Gasteiger partial charge in [-0.3, -0.25) is 9.59 Å². The summed E-state index contributed by atoms with van der Waals surface area (Å²) in [6.07, 6.45) is 2.68. The average molecular weight is 349 g/mol. The van der Waals surface area contributed by atoms with E-state index in [0.29, 0.717) is 19.5 Å². The average Bonchev–Trinajstić information content (AvgIpc) is 3.05. The highest BCUT2D eigenvalue weighted by molar-refractivity contribution is 6.39. The summed E-state index contributed by atoms with van der Waals surface area (Å²) in [5.41, 5.74) is 0.274. The van der Waals surface area contributed by atoms with Gasteiger partial charge >= 0.3 is 0 Å². The number of carbonyl (C=O) groups excluding carboxylic acids is 2. The molecule has 1 unspecified atom stereocenters. The number of aliphatic hydroxyl groups excluding tert-OH is 1. The van der Waals surface area contributed by atoms with Crippen LogP contribution in [0.2, 0.25) is 0 Å². The number of nitrogens with one attached hydrogen (secondary N) is 1. The predicted octanol–water partition coefficient (Wildman–Crippen LogP) is -0.114. The van der Waals surface area contributed by atoms with E-state index in [1.54, 1.807) is 4.90 Å². The topological polar surface area (TPSA) is 98.1 Å². The molecule has 2 aliphatic heterocycles. The van der Waals surface area contributed by atoms with Crippen LogP contribution < -0.4 is 10.2 Å². The van der Waals surface area contributed by atoms with Crippen molar-refractivity contribution in [2.45, 2.75) is 25.3 Å². The van der Waals surface area contributed by atoms with Crippen molar-refractivity contribution in [3.8, 4) is 0 Å². The van der Waals surface area contributed by atoms with Crippen LogP contribution in [0.5, 0.6) is 0 Å². The van der Waals surface area contributed by atoms with E-state index in [-0.39, 0.29) is 61.2 Å². The number of aliphatic hydroxyl groups is 1. The fourth-order valence-corrected chi connectivity index (χ4v) is 2.98. The van der Waals surface area contributed by atoms with E-state index in [2.05, 4.69) is 15.4 Å². The molecule has 1 aromatic rings. The molecule has 8 nitrogen and oxygen atoms in total. The molecule has 0 bridgehead atoms. The first-order valence-electron chi connectivity index (χ1n) is 8.23. The molecule has 2 amide bonds. The summed E-state index contributed by atoms with van der Waals surface area (Å²) in [7, 11) is 0. The van der Waals surface area contributed by atoms with Gasteiger partial charge in [-0.25, -0.2) is 14.4 Å². The van der Waals surface area contributed by atoms with Crippen molar-refractivity contribution < 1.29 is 19.1 Å². The lowest BCUT2D eigenvalue weighted by molar-refractivity contribution is -0.132. The van der Waals surface area contributed by atoms with E-state index >= 15 is 0 Å². The van der Waals surface area contributed by atoms with Gasteiger partial charge in [0.15, 0.2) is 11.6 Å². The molecule has 1 aromatic heterocycles. The van der Waals surface area contributed by atoms with E-state index in [9.17, 15) is 14.0 Å². The fraction of sp³-hybridized carbons (Fsp3) is 0.500. The fourth-order valence-electron chi connectivity index (χ4n) is 2.98. The number of β-amino-alcohol motifs (C(OH)–C–C–N with tert-alkyl or cyclic N) is 1. The second-order valence-electron chi connectivity index (χ2n) is 6.00. The van der Waals surface area contributed by atoms with Gasteiger partial charge in [0.2, 0.25) is 5.91 Å². The van der Waals surface area contributed by atoms with Crippen LogP contribution in [0.3, 0.4) is 0 Å². The number of halogens is 1. The molecule has 1 atom stereocenters. The molecule has 0 aliphatic carbocycles. The molecule has 134 valence electrons. The van der Waals surface area contributed by atoms with Gasteiger partial charge < -0.3 is 15.3 Å². The Morgan fingerprint density at radius 3 is 3.04 bits per heavy atom. The molecule has 0 spiro atoms. The Balaban J connectivity index is 1.60. The van der Waals surface area contributed by atoms with Crippen molar-refractivity contribution in [2.75, 3.05) is 31.1 Å². The maximum atomic E-state index is 13.8. The minimum Gasteiger partial charge on any atom is -0.394 e. The Morgan fingerprint density at radius 2 is 2.28 bits per heavy atom. The Bertz CT molecular complexity index is 696. The summed E-state index contributed by atoms with van der Waals surface area (Å²) in [4.78, 5) is 29.9. The van der Waals surface area contributed by atoms with Gasteiger partial charge in [0.25, 0.3) is 5.91 Å². The van der Waals surface area contributed by atoms with Crippen molar-refractivity contribution in [1.29, 1.82) is 0 Å². The minimum atomic E-state index is -0.385. The number of amides is 2. The highest BCUT2D eigenvalue weighted by Crippen LogP contribution is 2.21. The SMILES string of the molecule is O=C(NC1CCN(c2ncccc2F)C1)C1=NN(CCO)C(=O)CC1. The van der Waals surface area contributed by atoms with E-state index < -0.39 is 0 Å². The quantitative estimate of drug-likeness (QED) is 0.773. The number of hydrogen-bond acceptors (Lipinski definition) is 6. The molecule has 25 heavy (non-hydrogen) atoms. The van der Waals surface area contributed by atoms with Gasteiger partial charge in [-0.1, -0.05) is 0 Å². The summed E-state index contributed by atoms with van der Waals surface area (Å²) in [5, 5.41) is 17.0. The number of nitrogens with zero attached hydrogens (tertiary/aromatic N) is 4. The number of hydrazone groups is 1. The standard InChI is InChI=1S/C16H20FN5O3/c17-12-2-1-6-18-15(12)21-7-5-11(10-21)19-16(25)13-3-4-14(24)22(20-13)8-9-23/h1-2,6,11,23H,3-5,7-10H2,(H,19,25). The number of carbonyl (C=O) groups is 2. The first kappa shape index (κ1) is 17.3. The van der Waals surface area contributed by atoms with Crippen LogP contribution in [-0.4, -0.2) is 64.9 Å². The second-order valence-corrected chi connectivity index (χ2v) is 6.00. The molecule has 2 aliphatic rings. The summed E-state index contributed by atoms with van der Waals surface area (Å²) in [6, 6.07) is 2.76. The molecular formula is C16H20FN5O3. The highest BCUT2D eigenvalue weighted by Gasteiger charge is 2.29. The Morgan fingerprint density at radius 1 is 1.44 bits per heavy atom. The summed E-state index contributed by atoms with van der Waals surface area (Å²) >= 11 is 0. The van der Waals surface area contributed by atoms with Crippen LogP contribution in [0.4, 0.5) is 10.2 Å². The Kier molecular flexibility index (Phi) is 5.22. The van der Waals surface area contributed by atoms with Crippen molar-refractivity contribution >= 4 is 23.3 Å². The zero-order valence-corrected chi connectivity index (χ0v) is 13.7. The van der Waals surface area contributed by atoms with Crippen LogP contribution in [0.1, 0.15) is 19.3 Å². The molecule has 1 fully saturated rings. The largest absolute Gasteiger partial charge is 0.394 e. The first-order valence-corrected chi connectivity index (χ1v) is 8.23. The molecule has 0 aromatic carbocycles. The minimum absolute atomic E-state index is 0.0752. The molecule has 2 N–H and O–H groups in total. The zero-order chi connectivity index (χ0) is 17.8. The van der Waals surface area contributed by atoms with E-state index in [0.717, 1.165) is 5.01 Å². The Labute approximate surface area is 144 Å². The van der Waals surface area contributed by atoms with Crippen molar-refractivity contribution in [2.24, 2.45) is 5.10 Å². The molecule has 0 saturated carbocycles. The van der Waals surface area contributed by atoms with Gasteiger partial charge in [-0.05, 0) is 18.6 Å². The van der Waals surface area contributed by atoms with Gasteiger partial charge in [0.05, 0.1) is 13.2 Å². The van der Waals surface area contributed by atoms with Gasteiger partial charge in [0, 0.05) is 38.2 Å². The number of hydrogen-bond donors (Lipinski definition) is 2. The number of pyridine rings is 1. The van der Waals surface area contributed by atoms with Crippen molar-refractivity contribution in [3.05, 3.63) is 24.1 Å². The molecule has 3 rings (SSSR count). The van der Waals surface area contributed by atoms with Crippen LogP contribution >= 0.6 is 0 Å². The smallest absolute Gasteiger partial charge is 0.267 e. The lowest BCUT2D eigenvalue weighted by Crippen LogP contribution is -2.44. The summed E-state index contributed by atoms with van der Waals surface area (Å²) < 4.78 is 13.8. The number of anilines is 1. The Hall–Kier alpha value is -2.55. The molecule has 0 radical (unpaired) electrons. The zero-order valence-electron chi connectivity index (χ0n) is 13.7. The normalized spacial score (nSPS) is 20.6. The summed E-state index contributed by atoms with van der Waals surface area (Å²) in [5.74, 6) is -0.634. The monoisotopic (exact) mass is 349 g/mol. The summed E-state index contributed by atoms with van der Waals surface area (Å²) in [6.45, 7) is 0.926. The van der Waals surface area contributed by atoms with Gasteiger partial charge in [-0.15, -0.1) is 0 Å². The van der Waals surface area contributed by atoms with Crippen molar-refractivity contribution in [1.82, 2.24) is 15.3 Å². The lowest BCUT2D eigenvalue weighted by Gasteiger charge is -2.23. The van der Waals surface area contributed by atoms with E-state index in [1.165, 1.54) is 18.3 Å². The van der Waals surface area contributed by atoms with Crippen LogP contribution in [-0.2, 0) is 9.59 Å². The molecule has 3 heterocycles. The molecule has 1 saturated heterocycles. The van der Waals surface area contributed by atoms with E-state index in [4.69, 9.17) is 5.11 Å². The maximum Gasteiger partial charge on any atom is 0.267 e. The number of rotatable bonds is 5. The third kappa shape index (κ3) is 3.93. The van der Waals surface area contributed by atoms with Gasteiger partial charge in [-0.2, -0.15) is 5.10 Å². The second kappa shape index (κ2) is 7.56. The third-order valence-corrected chi connectivity index (χ3v) is 4.24. The number of aromatic nitrogens is 1. The van der Waals surface area contributed by atoms with Crippen LogP contribution in [0.25, 0.3) is 0 Å². The predicted molar refractivity (Wildman–Crippen MR) is 88.4 cm³/mol. The lowest BCUT2D eigenvalue weighted by atomic mass is 10.1. The molecular weight excluding hydrogens is 329 g/mol. The van der Waals surface area contributed by atoms with E-state index in [1.807, 2.05) is 0 Å². The van der Waals surface area contributed by atoms with Crippen LogP contribution in [0.15, 0.2) is 23.4 Å². The molecule has 9 heteroatoms. The first-order chi connectivity index (χ1) is 12.1. The third-order valence-electron chi connectivity index (χ3n) is 4.24. The van der Waals surface area contributed by atoms with Crippen molar-refractivity contribution in [3.63, 3.8) is 0 Å².